The van der Waals surface area contributed by atoms with Gasteiger partial charge in [-0.25, -0.2) is 4.39 Å². The zero-order valence-electron chi connectivity index (χ0n) is 15.6. The topological polar surface area (TPSA) is 39.5 Å². The van der Waals surface area contributed by atoms with Crippen molar-refractivity contribution >= 4 is 5.69 Å². The van der Waals surface area contributed by atoms with Gasteiger partial charge < -0.3 is 9.64 Å². The molecule has 0 saturated carbocycles. The fourth-order valence-corrected chi connectivity index (χ4v) is 3.43. The third-order valence-electron chi connectivity index (χ3n) is 4.96. The number of rotatable bonds is 8. The maximum Gasteiger partial charge on any atom is 0.143 e. The van der Waals surface area contributed by atoms with Gasteiger partial charge in [0.1, 0.15) is 17.4 Å². The summed E-state index contributed by atoms with van der Waals surface area (Å²) in [5.74, 6) is -0.440. The highest BCUT2D eigenvalue weighted by atomic mass is 19.1. The zero-order chi connectivity index (χ0) is 18.9. The molecule has 5 heteroatoms. The lowest BCUT2D eigenvalue weighted by atomic mass is 10.1. The predicted molar refractivity (Wildman–Crippen MR) is 105 cm³/mol. The van der Waals surface area contributed by atoms with Gasteiger partial charge in [-0.1, -0.05) is 36.4 Å². The Morgan fingerprint density at radius 3 is 2.48 bits per heavy atom. The van der Waals surface area contributed by atoms with Gasteiger partial charge in [0.25, 0.3) is 0 Å². The van der Waals surface area contributed by atoms with Gasteiger partial charge in [0.2, 0.25) is 0 Å². The van der Waals surface area contributed by atoms with Crippen LogP contribution in [0.2, 0.25) is 0 Å². The van der Waals surface area contributed by atoms with E-state index in [4.69, 9.17) is 4.74 Å². The largest absolute Gasteiger partial charge is 0.381 e. The predicted octanol–water partition coefficient (Wildman–Crippen LogP) is 3.47. The SMILES string of the molecule is N#Cc1c(F)cccc1N1CCN(CCCOCCc2ccccc2)CC1. The molecule has 0 spiro atoms. The summed E-state index contributed by atoms with van der Waals surface area (Å²) in [6.07, 6.45) is 1.96. The normalized spacial score (nSPS) is 14.9. The van der Waals surface area contributed by atoms with Crippen LogP contribution in [0.15, 0.2) is 48.5 Å². The van der Waals surface area contributed by atoms with Crippen molar-refractivity contribution in [2.75, 3.05) is 50.8 Å². The number of benzene rings is 2. The van der Waals surface area contributed by atoms with Gasteiger partial charge in [0.15, 0.2) is 0 Å². The highest BCUT2D eigenvalue weighted by Crippen LogP contribution is 2.23. The van der Waals surface area contributed by atoms with Crippen LogP contribution >= 0.6 is 0 Å². The van der Waals surface area contributed by atoms with E-state index in [1.54, 1.807) is 6.07 Å². The van der Waals surface area contributed by atoms with Crippen LogP contribution in [0.4, 0.5) is 10.1 Å². The summed E-state index contributed by atoms with van der Waals surface area (Å²) in [6.45, 7) is 6.01. The molecule has 0 unspecified atom stereocenters. The second kappa shape index (κ2) is 10.1. The molecule has 1 aliphatic rings. The fourth-order valence-electron chi connectivity index (χ4n) is 3.43. The molecule has 0 atom stereocenters. The van der Waals surface area contributed by atoms with E-state index >= 15 is 0 Å². The Kier molecular flexibility index (Phi) is 7.20. The average molecular weight is 367 g/mol. The second-order valence-electron chi connectivity index (χ2n) is 6.78. The number of anilines is 1. The third kappa shape index (κ3) is 5.53. The average Bonchev–Trinajstić information content (AvgIpc) is 2.71. The first-order valence-corrected chi connectivity index (χ1v) is 9.55. The third-order valence-corrected chi connectivity index (χ3v) is 4.96. The number of hydrogen-bond acceptors (Lipinski definition) is 4. The van der Waals surface area contributed by atoms with Crippen molar-refractivity contribution in [3.63, 3.8) is 0 Å². The molecule has 0 bridgehead atoms. The molecule has 3 rings (SSSR count). The van der Waals surface area contributed by atoms with Crippen LogP contribution in [0.1, 0.15) is 17.5 Å². The minimum absolute atomic E-state index is 0.151. The minimum atomic E-state index is -0.440. The van der Waals surface area contributed by atoms with Crippen LogP contribution < -0.4 is 4.90 Å². The Morgan fingerprint density at radius 1 is 0.963 bits per heavy atom. The van der Waals surface area contributed by atoms with Gasteiger partial charge in [0, 0.05) is 39.3 Å². The molecular formula is C22H26FN3O. The Hall–Kier alpha value is -2.42. The first-order valence-electron chi connectivity index (χ1n) is 9.55. The van der Waals surface area contributed by atoms with Crippen LogP contribution in [-0.4, -0.2) is 50.8 Å². The number of halogens is 1. The lowest BCUT2D eigenvalue weighted by Crippen LogP contribution is -2.47. The van der Waals surface area contributed by atoms with E-state index in [9.17, 15) is 9.65 Å². The van der Waals surface area contributed by atoms with Crippen molar-refractivity contribution in [2.24, 2.45) is 0 Å². The Morgan fingerprint density at radius 2 is 1.74 bits per heavy atom. The zero-order valence-corrected chi connectivity index (χ0v) is 15.6. The number of nitrogens with zero attached hydrogens (tertiary/aromatic N) is 3. The highest BCUT2D eigenvalue weighted by Gasteiger charge is 2.20. The summed E-state index contributed by atoms with van der Waals surface area (Å²) in [7, 11) is 0. The maximum atomic E-state index is 13.8. The quantitative estimate of drug-likeness (QED) is 0.670. The number of nitriles is 1. The monoisotopic (exact) mass is 367 g/mol. The molecule has 1 heterocycles. The van der Waals surface area contributed by atoms with Crippen molar-refractivity contribution in [3.05, 3.63) is 65.5 Å². The highest BCUT2D eigenvalue weighted by molar-refractivity contribution is 5.60. The van der Waals surface area contributed by atoms with E-state index in [0.29, 0.717) is 5.69 Å². The van der Waals surface area contributed by atoms with Gasteiger partial charge >= 0.3 is 0 Å². The van der Waals surface area contributed by atoms with Gasteiger partial charge in [0.05, 0.1) is 12.3 Å². The van der Waals surface area contributed by atoms with Crippen LogP contribution in [0.5, 0.6) is 0 Å². The minimum Gasteiger partial charge on any atom is -0.381 e. The lowest BCUT2D eigenvalue weighted by Gasteiger charge is -2.36. The van der Waals surface area contributed by atoms with Gasteiger partial charge in [-0.05, 0) is 30.5 Å². The van der Waals surface area contributed by atoms with Crippen LogP contribution in [0.25, 0.3) is 0 Å². The molecule has 2 aromatic rings. The summed E-state index contributed by atoms with van der Waals surface area (Å²) in [5, 5.41) is 9.20. The van der Waals surface area contributed by atoms with E-state index in [1.807, 2.05) is 18.2 Å². The Balaban J connectivity index is 1.33. The van der Waals surface area contributed by atoms with Crippen molar-refractivity contribution < 1.29 is 9.13 Å². The molecule has 1 saturated heterocycles. The van der Waals surface area contributed by atoms with E-state index in [2.05, 4.69) is 34.1 Å². The molecule has 2 aromatic carbocycles. The summed E-state index contributed by atoms with van der Waals surface area (Å²) in [6, 6.07) is 17.2. The van der Waals surface area contributed by atoms with Crippen molar-refractivity contribution in [3.8, 4) is 6.07 Å². The molecule has 0 amide bonds. The van der Waals surface area contributed by atoms with E-state index in [0.717, 1.165) is 58.8 Å². The molecule has 0 N–H and O–H groups in total. The van der Waals surface area contributed by atoms with Gasteiger partial charge in [-0.15, -0.1) is 0 Å². The Bertz CT molecular complexity index is 752. The summed E-state index contributed by atoms with van der Waals surface area (Å²) in [4.78, 5) is 4.51. The number of ether oxygens (including phenoxy) is 1. The molecule has 0 radical (unpaired) electrons. The molecule has 0 aromatic heterocycles. The first kappa shape index (κ1) is 19.3. The summed E-state index contributed by atoms with van der Waals surface area (Å²) in [5.41, 5.74) is 2.17. The lowest BCUT2D eigenvalue weighted by molar-refractivity contribution is 0.122. The molecule has 4 nitrogen and oxygen atoms in total. The summed E-state index contributed by atoms with van der Waals surface area (Å²) < 4.78 is 19.5. The van der Waals surface area contributed by atoms with E-state index in [1.165, 1.54) is 11.6 Å². The summed E-state index contributed by atoms with van der Waals surface area (Å²) >= 11 is 0. The molecule has 1 fully saturated rings. The van der Waals surface area contributed by atoms with Crippen molar-refractivity contribution in [1.82, 2.24) is 4.90 Å². The molecule has 0 aliphatic carbocycles. The molecule has 142 valence electrons. The van der Waals surface area contributed by atoms with E-state index in [-0.39, 0.29) is 5.56 Å². The molecule has 27 heavy (non-hydrogen) atoms. The van der Waals surface area contributed by atoms with Crippen LogP contribution in [0.3, 0.4) is 0 Å². The van der Waals surface area contributed by atoms with Gasteiger partial charge in [-0.2, -0.15) is 5.26 Å². The van der Waals surface area contributed by atoms with Crippen LogP contribution in [0, 0.1) is 17.1 Å². The standard InChI is InChI=1S/C22H26FN3O/c23-21-8-4-9-22(20(21)18-24)26-14-12-25(13-15-26)11-5-16-27-17-10-19-6-2-1-3-7-19/h1-4,6-9H,5,10-17H2. The first-order chi connectivity index (χ1) is 13.3. The fraction of sp³-hybridized carbons (Fsp3) is 0.409. The number of piperazine rings is 1. The maximum absolute atomic E-state index is 13.8. The molecular weight excluding hydrogens is 341 g/mol. The van der Waals surface area contributed by atoms with Crippen molar-refractivity contribution in [2.45, 2.75) is 12.8 Å². The number of hydrogen-bond donors (Lipinski definition) is 0. The smallest absolute Gasteiger partial charge is 0.143 e. The second-order valence-corrected chi connectivity index (χ2v) is 6.78. The molecule has 1 aliphatic heterocycles. The van der Waals surface area contributed by atoms with E-state index < -0.39 is 5.82 Å². The van der Waals surface area contributed by atoms with Crippen molar-refractivity contribution in [1.29, 1.82) is 5.26 Å². The Labute approximate surface area is 160 Å². The van der Waals surface area contributed by atoms with Gasteiger partial charge in [-0.3, -0.25) is 4.90 Å². The van der Waals surface area contributed by atoms with Crippen LogP contribution in [-0.2, 0) is 11.2 Å².